The first kappa shape index (κ1) is 19.6. The van der Waals surface area contributed by atoms with Crippen molar-refractivity contribution in [3.63, 3.8) is 0 Å². The molecule has 2 N–H and O–H groups in total. The number of nitrogens with one attached hydrogen (secondary N) is 2. The van der Waals surface area contributed by atoms with E-state index >= 15 is 0 Å². The summed E-state index contributed by atoms with van der Waals surface area (Å²) in [7, 11) is 0. The molecular formula is C23H21ClN2O2. The molecule has 0 fully saturated rings. The summed E-state index contributed by atoms with van der Waals surface area (Å²) in [6.45, 7) is 1.92. The molecule has 5 heteroatoms. The molecule has 0 heterocycles. The number of para-hydroxylation sites is 1. The quantitative estimate of drug-likeness (QED) is 0.619. The van der Waals surface area contributed by atoms with Gasteiger partial charge in [-0.3, -0.25) is 9.59 Å². The number of amides is 2. The summed E-state index contributed by atoms with van der Waals surface area (Å²) in [5.74, 6) is -0.450. The zero-order chi connectivity index (χ0) is 19.9. The molecule has 142 valence electrons. The van der Waals surface area contributed by atoms with Crippen molar-refractivity contribution < 1.29 is 9.59 Å². The molecule has 0 aliphatic heterocycles. The van der Waals surface area contributed by atoms with Crippen LogP contribution in [0.3, 0.4) is 0 Å². The Labute approximate surface area is 169 Å². The number of hydrogen-bond donors (Lipinski definition) is 2. The van der Waals surface area contributed by atoms with Crippen LogP contribution < -0.4 is 10.6 Å². The number of carbonyl (C=O) groups is 2. The first-order valence-corrected chi connectivity index (χ1v) is 9.40. The van der Waals surface area contributed by atoms with Gasteiger partial charge in [-0.2, -0.15) is 0 Å². The minimum atomic E-state index is -0.241. The van der Waals surface area contributed by atoms with Crippen LogP contribution in [-0.4, -0.2) is 11.8 Å². The molecule has 3 rings (SSSR count). The molecule has 0 bridgehead atoms. The van der Waals surface area contributed by atoms with E-state index in [1.165, 1.54) is 0 Å². The van der Waals surface area contributed by atoms with E-state index in [-0.39, 0.29) is 24.3 Å². The van der Waals surface area contributed by atoms with Crippen LogP contribution in [0.4, 0.5) is 5.69 Å². The minimum absolute atomic E-state index is 0.149. The number of benzene rings is 3. The zero-order valence-corrected chi connectivity index (χ0v) is 16.2. The van der Waals surface area contributed by atoms with Gasteiger partial charge in [0.2, 0.25) is 5.91 Å². The van der Waals surface area contributed by atoms with Gasteiger partial charge in [-0.05, 0) is 42.3 Å². The van der Waals surface area contributed by atoms with Gasteiger partial charge in [0.15, 0.2) is 0 Å². The second kappa shape index (κ2) is 9.20. The smallest absolute Gasteiger partial charge is 0.253 e. The molecule has 0 aliphatic rings. The highest BCUT2D eigenvalue weighted by atomic mass is 35.5. The average molecular weight is 393 g/mol. The van der Waals surface area contributed by atoms with Crippen LogP contribution in [0, 0.1) is 0 Å². The molecule has 0 saturated heterocycles. The van der Waals surface area contributed by atoms with Crippen molar-refractivity contribution in [1.29, 1.82) is 0 Å². The molecule has 1 atom stereocenters. The fourth-order valence-corrected chi connectivity index (χ4v) is 3.13. The van der Waals surface area contributed by atoms with Gasteiger partial charge in [-0.25, -0.2) is 0 Å². The summed E-state index contributed by atoms with van der Waals surface area (Å²) in [6, 6.07) is 23.7. The highest BCUT2D eigenvalue weighted by molar-refractivity contribution is 6.30. The molecule has 3 aromatic carbocycles. The summed E-state index contributed by atoms with van der Waals surface area (Å²) in [5.41, 5.74) is 2.72. The molecule has 28 heavy (non-hydrogen) atoms. The predicted molar refractivity (Wildman–Crippen MR) is 113 cm³/mol. The first-order valence-electron chi connectivity index (χ1n) is 9.02. The van der Waals surface area contributed by atoms with Gasteiger partial charge in [-0.15, -0.1) is 0 Å². The summed E-state index contributed by atoms with van der Waals surface area (Å²) >= 11 is 5.97. The van der Waals surface area contributed by atoms with Crippen LogP contribution in [0.25, 0.3) is 0 Å². The second-order valence-electron chi connectivity index (χ2n) is 6.51. The van der Waals surface area contributed by atoms with Crippen LogP contribution in [0.2, 0.25) is 5.02 Å². The van der Waals surface area contributed by atoms with E-state index in [1.807, 2.05) is 43.3 Å². The maximum Gasteiger partial charge on any atom is 0.253 e. The molecule has 0 unspecified atom stereocenters. The van der Waals surface area contributed by atoms with Crippen LogP contribution >= 0.6 is 11.6 Å². The highest BCUT2D eigenvalue weighted by Gasteiger charge is 2.16. The lowest BCUT2D eigenvalue weighted by atomic mass is 10.1. The fraction of sp³-hybridized carbons (Fsp3) is 0.130. The second-order valence-corrected chi connectivity index (χ2v) is 6.94. The molecule has 2 amide bonds. The SMILES string of the molecule is C[C@@H](NC(=O)c1ccccc1NC(=O)Cc1cccc(Cl)c1)c1ccccc1. The highest BCUT2D eigenvalue weighted by Crippen LogP contribution is 2.19. The largest absolute Gasteiger partial charge is 0.345 e. The van der Waals surface area contributed by atoms with Crippen LogP contribution in [0.1, 0.15) is 34.5 Å². The van der Waals surface area contributed by atoms with E-state index in [0.29, 0.717) is 16.3 Å². The van der Waals surface area contributed by atoms with E-state index < -0.39 is 0 Å². The third kappa shape index (κ3) is 5.21. The molecule has 0 radical (unpaired) electrons. The number of halogens is 1. The number of carbonyl (C=O) groups excluding carboxylic acids is 2. The predicted octanol–water partition coefficient (Wildman–Crippen LogP) is 5.01. The van der Waals surface area contributed by atoms with Gasteiger partial charge in [0.1, 0.15) is 0 Å². The van der Waals surface area contributed by atoms with Crippen molar-refractivity contribution in [2.45, 2.75) is 19.4 Å². The molecular weight excluding hydrogens is 372 g/mol. The maximum atomic E-state index is 12.8. The Morgan fingerprint density at radius 3 is 2.39 bits per heavy atom. The summed E-state index contributed by atoms with van der Waals surface area (Å²) in [4.78, 5) is 25.2. The van der Waals surface area contributed by atoms with E-state index in [9.17, 15) is 9.59 Å². The Morgan fingerprint density at radius 1 is 0.929 bits per heavy atom. The first-order chi connectivity index (χ1) is 13.5. The van der Waals surface area contributed by atoms with Gasteiger partial charge in [0.05, 0.1) is 23.7 Å². The average Bonchev–Trinajstić information content (AvgIpc) is 2.69. The van der Waals surface area contributed by atoms with Crippen LogP contribution in [0.5, 0.6) is 0 Å². The molecule has 0 saturated carbocycles. The van der Waals surface area contributed by atoms with Crippen molar-refractivity contribution in [1.82, 2.24) is 5.32 Å². The number of rotatable bonds is 6. The lowest BCUT2D eigenvalue weighted by molar-refractivity contribution is -0.115. The van der Waals surface area contributed by atoms with Gasteiger partial charge in [-0.1, -0.05) is 66.2 Å². The third-order valence-electron chi connectivity index (χ3n) is 4.35. The van der Waals surface area contributed by atoms with Gasteiger partial charge in [0.25, 0.3) is 5.91 Å². The van der Waals surface area contributed by atoms with E-state index in [1.54, 1.807) is 42.5 Å². The van der Waals surface area contributed by atoms with E-state index in [2.05, 4.69) is 10.6 Å². The molecule has 0 aromatic heterocycles. The van der Waals surface area contributed by atoms with Crippen molar-refractivity contribution in [2.24, 2.45) is 0 Å². The molecule has 0 aliphatic carbocycles. The summed E-state index contributed by atoms with van der Waals surface area (Å²) in [6.07, 6.45) is 0.178. The van der Waals surface area contributed by atoms with Crippen molar-refractivity contribution >= 4 is 29.1 Å². The Balaban J connectivity index is 1.70. The van der Waals surface area contributed by atoms with Crippen LogP contribution in [-0.2, 0) is 11.2 Å². The van der Waals surface area contributed by atoms with E-state index in [0.717, 1.165) is 11.1 Å². The molecule has 4 nitrogen and oxygen atoms in total. The Morgan fingerprint density at radius 2 is 1.64 bits per heavy atom. The van der Waals surface area contributed by atoms with Crippen molar-refractivity contribution in [2.75, 3.05) is 5.32 Å². The van der Waals surface area contributed by atoms with Crippen LogP contribution in [0.15, 0.2) is 78.9 Å². The lowest BCUT2D eigenvalue weighted by Gasteiger charge is -2.16. The monoisotopic (exact) mass is 392 g/mol. The van der Waals surface area contributed by atoms with E-state index in [4.69, 9.17) is 11.6 Å². The summed E-state index contributed by atoms with van der Waals surface area (Å²) < 4.78 is 0. The maximum absolute atomic E-state index is 12.8. The number of anilines is 1. The Kier molecular flexibility index (Phi) is 6.45. The normalized spacial score (nSPS) is 11.5. The van der Waals surface area contributed by atoms with Gasteiger partial charge in [0, 0.05) is 5.02 Å². The number of hydrogen-bond acceptors (Lipinski definition) is 2. The van der Waals surface area contributed by atoms with Crippen molar-refractivity contribution in [3.05, 3.63) is 101 Å². The van der Waals surface area contributed by atoms with Gasteiger partial charge < -0.3 is 10.6 Å². The topological polar surface area (TPSA) is 58.2 Å². The minimum Gasteiger partial charge on any atom is -0.345 e. The Bertz CT molecular complexity index is 973. The third-order valence-corrected chi connectivity index (χ3v) is 4.58. The zero-order valence-electron chi connectivity index (χ0n) is 15.5. The Hall–Kier alpha value is -3.11. The van der Waals surface area contributed by atoms with Crippen molar-refractivity contribution in [3.8, 4) is 0 Å². The fourth-order valence-electron chi connectivity index (χ4n) is 2.92. The summed E-state index contributed by atoms with van der Waals surface area (Å²) in [5, 5.41) is 6.39. The molecule has 3 aromatic rings. The standard InChI is InChI=1S/C23H21ClN2O2/c1-16(18-9-3-2-4-10-18)25-23(28)20-12-5-6-13-21(20)26-22(27)15-17-8-7-11-19(24)14-17/h2-14,16H,15H2,1H3,(H,25,28)(H,26,27)/t16-/m1/s1. The lowest BCUT2D eigenvalue weighted by Crippen LogP contribution is -2.28. The van der Waals surface area contributed by atoms with Gasteiger partial charge >= 0.3 is 0 Å². The molecule has 0 spiro atoms.